The third-order valence-corrected chi connectivity index (χ3v) is 8.07. The van der Waals surface area contributed by atoms with Gasteiger partial charge in [-0.1, -0.05) is 0 Å². The van der Waals surface area contributed by atoms with Crippen LogP contribution in [0.25, 0.3) is 0 Å². The molecule has 2 aliphatic carbocycles. The highest BCUT2D eigenvalue weighted by Gasteiger charge is 2.44. The largest absolute Gasteiger partial charge is 0.381 e. The smallest absolute Gasteiger partial charge is 0.274 e. The van der Waals surface area contributed by atoms with Crippen molar-refractivity contribution in [2.75, 3.05) is 26.6 Å². The van der Waals surface area contributed by atoms with Gasteiger partial charge in [-0.25, -0.2) is 0 Å². The van der Waals surface area contributed by atoms with E-state index in [1.165, 1.54) is 5.01 Å². The number of amides is 1. The van der Waals surface area contributed by atoms with Crippen molar-refractivity contribution in [3.05, 3.63) is 52.0 Å². The van der Waals surface area contributed by atoms with Crippen LogP contribution in [-0.2, 0) is 14.3 Å². The zero-order chi connectivity index (χ0) is 27.4. The van der Waals surface area contributed by atoms with Gasteiger partial charge in [0.2, 0.25) is 0 Å². The van der Waals surface area contributed by atoms with Gasteiger partial charge in [-0.15, -0.1) is 0 Å². The number of rotatable bonds is 8. The van der Waals surface area contributed by atoms with Gasteiger partial charge in [-0.2, -0.15) is 10.1 Å². The summed E-state index contributed by atoms with van der Waals surface area (Å²) in [7, 11) is 5.02. The summed E-state index contributed by atoms with van der Waals surface area (Å²) in [4.78, 5) is 30.9. The van der Waals surface area contributed by atoms with Crippen LogP contribution in [0.5, 0.6) is 0 Å². The molecular weight excluding hydrogens is 486 g/mol. The summed E-state index contributed by atoms with van der Waals surface area (Å²) >= 11 is 0. The third kappa shape index (κ3) is 5.39. The maximum atomic E-state index is 13.4. The number of ether oxygens (including phenoxy) is 2. The number of hydrazone groups is 1. The first-order chi connectivity index (χ1) is 18.2. The summed E-state index contributed by atoms with van der Waals surface area (Å²) in [5.74, 6) is 1.11. The fourth-order valence-electron chi connectivity index (χ4n) is 5.28. The molecule has 0 unspecified atom stereocenters. The van der Waals surface area contributed by atoms with Crippen LogP contribution in [0, 0.1) is 0 Å². The van der Waals surface area contributed by atoms with Crippen molar-refractivity contribution in [2.24, 2.45) is 10.1 Å². The van der Waals surface area contributed by atoms with Gasteiger partial charge in [0, 0.05) is 46.3 Å². The Kier molecular flexibility index (Phi) is 8.37. The van der Waals surface area contributed by atoms with Crippen LogP contribution in [-0.4, -0.2) is 67.1 Å². The first-order valence-corrected chi connectivity index (χ1v) is 13.0. The minimum Gasteiger partial charge on any atom is -0.381 e. The third-order valence-electron chi connectivity index (χ3n) is 8.07. The molecule has 0 bridgehead atoms. The van der Waals surface area contributed by atoms with Crippen LogP contribution < -0.4 is 21.5 Å². The first-order valence-electron chi connectivity index (χ1n) is 13.0. The van der Waals surface area contributed by atoms with Gasteiger partial charge in [0.15, 0.2) is 5.84 Å². The van der Waals surface area contributed by atoms with Crippen molar-refractivity contribution in [1.29, 1.82) is 0 Å². The van der Waals surface area contributed by atoms with Gasteiger partial charge in [0.1, 0.15) is 17.3 Å². The highest BCUT2D eigenvalue weighted by molar-refractivity contribution is 5.99. The van der Waals surface area contributed by atoms with E-state index in [1.807, 2.05) is 19.2 Å². The summed E-state index contributed by atoms with van der Waals surface area (Å²) in [6.07, 6.45) is 9.18. The zero-order valence-electron chi connectivity index (χ0n) is 22.9. The van der Waals surface area contributed by atoms with Crippen LogP contribution in [0.4, 0.5) is 5.69 Å². The minimum atomic E-state index is -0.379. The van der Waals surface area contributed by atoms with E-state index in [0.717, 1.165) is 38.5 Å². The quantitative estimate of drug-likeness (QED) is 0.352. The second-order valence-corrected chi connectivity index (χ2v) is 10.2. The van der Waals surface area contributed by atoms with Crippen LogP contribution in [0.1, 0.15) is 58.4 Å². The van der Waals surface area contributed by atoms with Gasteiger partial charge in [0.05, 0.1) is 23.3 Å². The van der Waals surface area contributed by atoms with Gasteiger partial charge in [0.25, 0.3) is 11.5 Å². The molecule has 1 aromatic heterocycles. The minimum absolute atomic E-state index is 0.0847. The summed E-state index contributed by atoms with van der Waals surface area (Å²) in [5, 5.41) is 15.0. The molecule has 2 heterocycles. The number of amidine groups is 1. The highest BCUT2D eigenvalue weighted by atomic mass is 16.5. The van der Waals surface area contributed by atoms with Crippen LogP contribution in [0.3, 0.4) is 0 Å². The average Bonchev–Trinajstić information content (AvgIpc) is 2.94. The Labute approximate surface area is 223 Å². The molecule has 0 saturated heterocycles. The fraction of sp³-hybridized carbons (Fsp3) is 0.556. The van der Waals surface area contributed by atoms with E-state index in [9.17, 15) is 9.59 Å². The Morgan fingerprint density at radius 1 is 1.24 bits per heavy atom. The maximum absolute atomic E-state index is 13.4. The molecule has 2 atom stereocenters. The number of aromatic nitrogens is 1. The van der Waals surface area contributed by atoms with E-state index in [1.54, 1.807) is 44.9 Å². The van der Waals surface area contributed by atoms with Crippen molar-refractivity contribution in [3.63, 3.8) is 0 Å². The molecule has 2 saturated carbocycles. The number of nitrogens with zero attached hydrogens (tertiary/aromatic N) is 4. The Hall–Kier alpha value is -3.44. The second-order valence-electron chi connectivity index (χ2n) is 10.2. The van der Waals surface area contributed by atoms with Crippen molar-refractivity contribution < 1.29 is 14.3 Å². The number of pyridine rings is 1. The lowest BCUT2D eigenvalue weighted by Gasteiger charge is -2.46. The number of carbonyl (C=O) groups excluding carboxylic acids is 1. The molecule has 0 spiro atoms. The Morgan fingerprint density at radius 3 is 2.55 bits per heavy atom. The lowest BCUT2D eigenvalue weighted by molar-refractivity contribution is -0.127. The van der Waals surface area contributed by atoms with Crippen molar-refractivity contribution in [3.8, 4) is 0 Å². The fourth-order valence-corrected chi connectivity index (χ4v) is 5.28. The lowest BCUT2D eigenvalue weighted by Crippen LogP contribution is -2.59. The van der Waals surface area contributed by atoms with Gasteiger partial charge < -0.3 is 30.0 Å². The molecule has 1 amide bonds. The molecule has 1 aromatic rings. The molecular formula is C27H39N7O4. The van der Waals surface area contributed by atoms with Crippen molar-refractivity contribution in [1.82, 2.24) is 20.2 Å². The standard InChI is InChI=1S/C27H39N7O4/c1-17(25(35)31-21-13-14-27(21,2)38-6)24-32-22(16-23(28-3)34(24)29-4)30-20-8-7-15-33(26(20)36)18-9-11-19(37-5)12-10-18/h7-8,15-16,18-19,21,30,32H,4,9-14H2,1-3,5-6H3,(H,31,35)/b24-17+,28-23?/t18?,19?,21-,27-/m0/s1. The molecule has 3 aliphatic rings. The zero-order valence-corrected chi connectivity index (χ0v) is 22.9. The summed E-state index contributed by atoms with van der Waals surface area (Å²) in [6, 6.07) is 3.65. The average molecular weight is 526 g/mol. The topological polar surface area (TPSA) is 122 Å². The van der Waals surface area contributed by atoms with Gasteiger partial charge >= 0.3 is 0 Å². The molecule has 11 nitrogen and oxygen atoms in total. The van der Waals surface area contributed by atoms with Crippen molar-refractivity contribution >= 4 is 24.1 Å². The van der Waals surface area contributed by atoms with Crippen LogP contribution in [0.2, 0.25) is 0 Å². The molecule has 0 aromatic carbocycles. The second kappa shape index (κ2) is 11.5. The predicted octanol–water partition coefficient (Wildman–Crippen LogP) is 2.70. The highest BCUT2D eigenvalue weighted by Crippen LogP contribution is 2.35. The van der Waals surface area contributed by atoms with E-state index in [0.29, 0.717) is 28.7 Å². The summed E-state index contributed by atoms with van der Waals surface area (Å²) in [6.45, 7) is 7.35. The van der Waals surface area contributed by atoms with Crippen LogP contribution >= 0.6 is 0 Å². The van der Waals surface area contributed by atoms with E-state index in [2.05, 4.69) is 32.8 Å². The normalized spacial score (nSPS) is 29.6. The predicted molar refractivity (Wildman–Crippen MR) is 148 cm³/mol. The lowest BCUT2D eigenvalue weighted by atomic mass is 9.76. The molecule has 2 fully saturated rings. The van der Waals surface area contributed by atoms with E-state index in [4.69, 9.17) is 9.47 Å². The van der Waals surface area contributed by atoms with Gasteiger partial charge in [-0.05, 0) is 64.5 Å². The van der Waals surface area contributed by atoms with Crippen molar-refractivity contribution in [2.45, 2.75) is 76.2 Å². The van der Waals surface area contributed by atoms with Gasteiger partial charge in [-0.3, -0.25) is 14.6 Å². The number of aliphatic imine (C=N–C) groups is 1. The number of hydrogen-bond donors (Lipinski definition) is 3. The first kappa shape index (κ1) is 27.6. The van der Waals surface area contributed by atoms with E-state index < -0.39 is 0 Å². The van der Waals surface area contributed by atoms with E-state index in [-0.39, 0.29) is 35.3 Å². The molecule has 4 rings (SSSR count). The number of methoxy groups -OCH3 is 2. The molecule has 11 heteroatoms. The molecule has 38 heavy (non-hydrogen) atoms. The summed E-state index contributed by atoms with van der Waals surface area (Å²) in [5.41, 5.74) is 0.327. The van der Waals surface area contributed by atoms with E-state index >= 15 is 0 Å². The Balaban J connectivity index is 1.57. The maximum Gasteiger partial charge on any atom is 0.274 e. The number of anilines is 1. The SMILES string of the molecule is C=NN1C(=NC)C=C(Nc2cccn(C3CCC(OC)CC3)c2=O)N/C1=C(/C)C(=O)N[C@H]1CC[C@]1(C)OC. The Bertz CT molecular complexity index is 1210. The summed E-state index contributed by atoms with van der Waals surface area (Å²) < 4.78 is 12.9. The molecule has 3 N–H and O–H groups in total. The molecule has 206 valence electrons. The Morgan fingerprint density at radius 2 is 1.97 bits per heavy atom. The number of carbonyl (C=O) groups is 1. The monoisotopic (exact) mass is 525 g/mol. The molecule has 1 aliphatic heterocycles. The molecule has 0 radical (unpaired) electrons. The van der Waals surface area contributed by atoms with Crippen LogP contribution in [0.15, 0.2) is 56.5 Å². The number of nitrogens with one attached hydrogen (secondary N) is 3. The number of hydrogen-bond acceptors (Lipinski definition) is 8.